The third-order valence-electron chi connectivity index (χ3n) is 3.48. The number of hydrogen-bond donors (Lipinski definition) is 3. The van der Waals surface area contributed by atoms with Crippen LogP contribution in [0.1, 0.15) is 32.1 Å². The van der Waals surface area contributed by atoms with Crippen LogP contribution in [0.5, 0.6) is 0 Å². The minimum absolute atomic E-state index is 0.0505. The average Bonchev–Trinajstić information content (AvgIpc) is 2.96. The molecular weight excluding hydrogens is 312 g/mol. The first-order valence-electron chi connectivity index (χ1n) is 6.99. The van der Waals surface area contributed by atoms with Gasteiger partial charge in [0.05, 0.1) is 12.1 Å². The maximum absolute atomic E-state index is 11.8. The molecule has 1 aliphatic carbocycles. The van der Waals surface area contributed by atoms with Crippen molar-refractivity contribution in [1.82, 2.24) is 10.0 Å². The van der Waals surface area contributed by atoms with Crippen molar-refractivity contribution >= 4 is 27.3 Å². The summed E-state index contributed by atoms with van der Waals surface area (Å²) >= 11 is 1.13. The van der Waals surface area contributed by atoms with E-state index < -0.39 is 16.1 Å². The highest BCUT2D eigenvalue weighted by atomic mass is 32.2. The van der Waals surface area contributed by atoms with Gasteiger partial charge in [0.1, 0.15) is 4.21 Å². The van der Waals surface area contributed by atoms with Crippen molar-refractivity contribution < 1.29 is 18.3 Å². The summed E-state index contributed by atoms with van der Waals surface area (Å²) in [4.78, 5) is 11.8. The lowest BCUT2D eigenvalue weighted by Gasteiger charge is -2.28. The fraction of sp³-hybridized carbons (Fsp3) is 0.615. The van der Waals surface area contributed by atoms with Gasteiger partial charge in [-0.2, -0.15) is 0 Å². The average molecular weight is 332 g/mol. The van der Waals surface area contributed by atoms with E-state index in [2.05, 4.69) is 10.0 Å². The Bertz CT molecular complexity index is 557. The van der Waals surface area contributed by atoms with E-state index in [9.17, 15) is 18.3 Å². The molecule has 118 valence electrons. The smallest absolute Gasteiger partial charge is 0.250 e. The van der Waals surface area contributed by atoms with Gasteiger partial charge in [0.25, 0.3) is 0 Å². The molecule has 0 bridgehead atoms. The van der Waals surface area contributed by atoms with Gasteiger partial charge in [-0.05, 0) is 24.3 Å². The maximum atomic E-state index is 11.8. The molecule has 0 spiro atoms. The Hall–Kier alpha value is -0.960. The van der Waals surface area contributed by atoms with Gasteiger partial charge in [0.15, 0.2) is 0 Å². The van der Waals surface area contributed by atoms with Gasteiger partial charge in [-0.25, -0.2) is 13.1 Å². The Balaban J connectivity index is 1.74. The summed E-state index contributed by atoms with van der Waals surface area (Å²) in [6, 6.07) is 2.97. The quantitative estimate of drug-likeness (QED) is 0.719. The van der Waals surface area contributed by atoms with Crippen LogP contribution in [-0.2, 0) is 14.8 Å². The zero-order chi connectivity index (χ0) is 15.3. The number of hydrogen-bond acceptors (Lipinski definition) is 5. The van der Waals surface area contributed by atoms with Crippen molar-refractivity contribution in [2.24, 2.45) is 0 Å². The third-order valence-corrected chi connectivity index (χ3v) is 6.34. The largest absolute Gasteiger partial charge is 0.391 e. The Morgan fingerprint density at radius 3 is 2.81 bits per heavy atom. The van der Waals surface area contributed by atoms with Crippen molar-refractivity contribution in [3.05, 3.63) is 17.5 Å². The molecule has 0 aliphatic heterocycles. The van der Waals surface area contributed by atoms with E-state index in [1.165, 1.54) is 6.07 Å². The lowest BCUT2D eigenvalue weighted by Crippen LogP contribution is -2.45. The molecule has 2 atom stereocenters. The SMILES string of the molecule is O=C(CCNS(=O)(=O)c1cccs1)N[C@@H]1CCCC[C@H]1O. The fourth-order valence-corrected chi connectivity index (χ4v) is 4.41. The van der Waals surface area contributed by atoms with Gasteiger partial charge in [-0.3, -0.25) is 4.79 Å². The Kier molecular flexibility index (Phi) is 5.74. The van der Waals surface area contributed by atoms with Crippen LogP contribution in [0, 0.1) is 0 Å². The van der Waals surface area contributed by atoms with Crippen molar-refractivity contribution in [3.8, 4) is 0 Å². The number of carbonyl (C=O) groups is 1. The number of sulfonamides is 1. The summed E-state index contributed by atoms with van der Waals surface area (Å²) in [5, 5.41) is 14.2. The number of aliphatic hydroxyl groups excluding tert-OH is 1. The first-order valence-corrected chi connectivity index (χ1v) is 9.36. The van der Waals surface area contributed by atoms with Crippen LogP contribution in [0.25, 0.3) is 0 Å². The second-order valence-electron chi connectivity index (χ2n) is 5.11. The zero-order valence-electron chi connectivity index (χ0n) is 11.6. The molecule has 1 saturated carbocycles. The van der Waals surface area contributed by atoms with Gasteiger partial charge in [0.2, 0.25) is 15.9 Å². The highest BCUT2D eigenvalue weighted by Crippen LogP contribution is 2.18. The molecule has 21 heavy (non-hydrogen) atoms. The van der Waals surface area contributed by atoms with E-state index in [1.54, 1.807) is 11.4 Å². The number of amides is 1. The zero-order valence-corrected chi connectivity index (χ0v) is 13.3. The maximum Gasteiger partial charge on any atom is 0.250 e. The Morgan fingerprint density at radius 1 is 1.38 bits per heavy atom. The molecule has 3 N–H and O–H groups in total. The predicted molar refractivity (Wildman–Crippen MR) is 80.5 cm³/mol. The summed E-state index contributed by atoms with van der Waals surface area (Å²) in [7, 11) is -3.52. The van der Waals surface area contributed by atoms with Crippen LogP contribution in [0.2, 0.25) is 0 Å². The molecule has 0 aromatic carbocycles. The Labute approximate surface area is 128 Å². The van der Waals surface area contributed by atoms with Gasteiger partial charge in [-0.1, -0.05) is 18.9 Å². The molecule has 1 aromatic heterocycles. The van der Waals surface area contributed by atoms with Crippen LogP contribution in [0.3, 0.4) is 0 Å². The standard InChI is InChI=1S/C13H20N2O4S2/c16-11-5-2-1-4-10(11)15-12(17)7-8-14-21(18,19)13-6-3-9-20-13/h3,6,9-11,14,16H,1-2,4-5,7-8H2,(H,15,17)/t10-,11-/m1/s1. The van der Waals surface area contributed by atoms with Gasteiger partial charge in [-0.15, -0.1) is 11.3 Å². The molecule has 6 nitrogen and oxygen atoms in total. The summed E-state index contributed by atoms with van der Waals surface area (Å²) in [5.74, 6) is -0.241. The molecule has 8 heteroatoms. The van der Waals surface area contributed by atoms with Crippen molar-refractivity contribution in [1.29, 1.82) is 0 Å². The number of aliphatic hydroxyl groups is 1. The van der Waals surface area contributed by atoms with E-state index in [4.69, 9.17) is 0 Å². The summed E-state index contributed by atoms with van der Waals surface area (Å²) in [5.41, 5.74) is 0. The van der Waals surface area contributed by atoms with Crippen LogP contribution in [-0.4, -0.2) is 38.1 Å². The minimum atomic E-state index is -3.52. The van der Waals surface area contributed by atoms with Crippen molar-refractivity contribution in [2.75, 3.05) is 6.54 Å². The van der Waals surface area contributed by atoms with Gasteiger partial charge >= 0.3 is 0 Å². The topological polar surface area (TPSA) is 95.5 Å². The normalized spacial score (nSPS) is 22.9. The summed E-state index contributed by atoms with van der Waals surface area (Å²) in [6.45, 7) is 0.0505. The third kappa shape index (κ3) is 4.77. The van der Waals surface area contributed by atoms with Gasteiger partial charge < -0.3 is 10.4 Å². The first kappa shape index (κ1) is 16.4. The lowest BCUT2D eigenvalue weighted by atomic mass is 9.92. The van der Waals surface area contributed by atoms with Crippen LogP contribution < -0.4 is 10.0 Å². The molecule has 0 saturated heterocycles. The van der Waals surface area contributed by atoms with Crippen molar-refractivity contribution in [3.63, 3.8) is 0 Å². The molecule has 1 aliphatic rings. The molecule has 2 rings (SSSR count). The molecule has 1 fully saturated rings. The van der Waals surface area contributed by atoms with Crippen LogP contribution in [0.15, 0.2) is 21.7 Å². The highest BCUT2D eigenvalue weighted by Gasteiger charge is 2.24. The van der Waals surface area contributed by atoms with E-state index >= 15 is 0 Å². The summed E-state index contributed by atoms with van der Waals surface area (Å²) < 4.78 is 26.3. The molecule has 1 heterocycles. The van der Waals surface area contributed by atoms with Crippen molar-refractivity contribution in [2.45, 2.75) is 48.5 Å². The second kappa shape index (κ2) is 7.35. The number of nitrogens with one attached hydrogen (secondary N) is 2. The predicted octanol–water partition coefficient (Wildman–Crippen LogP) is 0.836. The number of carbonyl (C=O) groups excluding carboxylic acids is 1. The minimum Gasteiger partial charge on any atom is -0.391 e. The fourth-order valence-electron chi connectivity index (χ4n) is 2.35. The molecular formula is C13H20N2O4S2. The molecule has 1 amide bonds. The number of rotatable bonds is 6. The van der Waals surface area contributed by atoms with Crippen LogP contribution >= 0.6 is 11.3 Å². The number of thiophene rings is 1. The van der Waals surface area contributed by atoms with E-state index in [-0.39, 0.29) is 29.1 Å². The van der Waals surface area contributed by atoms with E-state index in [0.29, 0.717) is 6.42 Å². The summed E-state index contributed by atoms with van der Waals surface area (Å²) in [6.07, 6.45) is 3.02. The first-order chi connectivity index (χ1) is 9.99. The second-order valence-corrected chi connectivity index (χ2v) is 8.05. The lowest BCUT2D eigenvalue weighted by molar-refractivity contribution is -0.122. The van der Waals surface area contributed by atoms with E-state index in [1.807, 2.05) is 0 Å². The van der Waals surface area contributed by atoms with Crippen LogP contribution in [0.4, 0.5) is 0 Å². The monoisotopic (exact) mass is 332 g/mol. The highest BCUT2D eigenvalue weighted by molar-refractivity contribution is 7.91. The van der Waals surface area contributed by atoms with E-state index in [0.717, 1.165) is 30.6 Å². The Morgan fingerprint density at radius 2 is 2.14 bits per heavy atom. The van der Waals surface area contributed by atoms with Gasteiger partial charge in [0, 0.05) is 13.0 Å². The molecule has 0 radical (unpaired) electrons. The molecule has 1 aromatic rings. The molecule has 0 unspecified atom stereocenters.